The largest absolute Gasteiger partial charge is 0.469 e. The zero-order valence-electron chi connectivity index (χ0n) is 14.6. The van der Waals surface area contributed by atoms with Gasteiger partial charge in [-0.15, -0.1) is 11.3 Å². The van der Waals surface area contributed by atoms with E-state index < -0.39 is 6.04 Å². The molecule has 1 atom stereocenters. The molecule has 2 aromatic rings. The Balaban J connectivity index is 2.25. The number of nitrogens with one attached hydrogen (secondary N) is 1. The number of aromatic nitrogens is 1. The van der Waals surface area contributed by atoms with Crippen LogP contribution in [0.15, 0.2) is 30.3 Å². The van der Waals surface area contributed by atoms with Crippen LogP contribution in [-0.4, -0.2) is 30.0 Å². The number of carbonyl (C=O) groups excluding carboxylic acids is 2. The number of anilines is 1. The highest BCUT2D eigenvalue weighted by Gasteiger charge is 2.20. The number of ether oxygens (including phenoxy) is 1. The first-order chi connectivity index (χ1) is 11.9. The third kappa shape index (κ3) is 5.37. The molecule has 1 aromatic carbocycles. The van der Waals surface area contributed by atoms with Gasteiger partial charge in [0, 0.05) is 10.4 Å². The number of rotatable bonds is 7. The van der Waals surface area contributed by atoms with E-state index in [-0.39, 0.29) is 18.3 Å². The fourth-order valence-corrected chi connectivity index (χ4v) is 3.33. The van der Waals surface area contributed by atoms with Crippen molar-refractivity contribution in [3.05, 3.63) is 35.2 Å². The number of nitrogens with zero attached hydrogens (tertiary/aromatic N) is 1. The average molecular weight is 361 g/mol. The highest BCUT2D eigenvalue weighted by Crippen LogP contribution is 2.31. The van der Waals surface area contributed by atoms with Crippen molar-refractivity contribution in [1.29, 1.82) is 0 Å². The van der Waals surface area contributed by atoms with E-state index in [1.165, 1.54) is 18.4 Å². The molecule has 1 amide bonds. The Morgan fingerprint density at radius 2 is 1.96 bits per heavy atom. The van der Waals surface area contributed by atoms with Gasteiger partial charge in [0.05, 0.1) is 25.3 Å². The Labute approximate surface area is 151 Å². The predicted octanol–water partition coefficient (Wildman–Crippen LogP) is 2.84. The molecule has 0 aliphatic carbocycles. The standard InChI is InChI=1S/C18H23N3O3S/c1-11(2)9-13(19)17(23)21-18-20-16(12-7-5-4-6-8-12)14(25-18)10-15(22)24-3/h4-8,11,13H,9-10,19H2,1-3H3,(H,20,21,23)/t13-/m0/s1. The van der Waals surface area contributed by atoms with Crippen LogP contribution in [-0.2, 0) is 20.7 Å². The second-order valence-electron chi connectivity index (χ2n) is 6.14. The number of esters is 1. The molecule has 0 saturated heterocycles. The Bertz CT molecular complexity index is 728. The summed E-state index contributed by atoms with van der Waals surface area (Å²) in [6.45, 7) is 4.02. The summed E-state index contributed by atoms with van der Waals surface area (Å²) in [5, 5.41) is 3.19. The molecular weight excluding hydrogens is 338 g/mol. The van der Waals surface area contributed by atoms with Gasteiger partial charge in [-0.1, -0.05) is 44.2 Å². The summed E-state index contributed by atoms with van der Waals surface area (Å²) in [7, 11) is 1.35. The van der Waals surface area contributed by atoms with Crippen LogP contribution in [0.3, 0.4) is 0 Å². The fraction of sp³-hybridized carbons (Fsp3) is 0.389. The van der Waals surface area contributed by atoms with Gasteiger partial charge in [0.15, 0.2) is 5.13 Å². The van der Waals surface area contributed by atoms with E-state index in [2.05, 4.69) is 10.3 Å². The number of carbonyl (C=O) groups is 2. The lowest BCUT2D eigenvalue weighted by Gasteiger charge is -2.12. The molecule has 0 aliphatic rings. The normalized spacial score (nSPS) is 12.0. The highest BCUT2D eigenvalue weighted by atomic mass is 32.1. The van der Waals surface area contributed by atoms with Crippen molar-refractivity contribution >= 4 is 28.3 Å². The number of nitrogens with two attached hydrogens (primary N) is 1. The summed E-state index contributed by atoms with van der Waals surface area (Å²) in [6, 6.07) is 8.93. The van der Waals surface area contributed by atoms with Gasteiger partial charge in [-0.25, -0.2) is 4.98 Å². The zero-order chi connectivity index (χ0) is 18.4. The van der Waals surface area contributed by atoms with E-state index >= 15 is 0 Å². The van der Waals surface area contributed by atoms with Crippen molar-refractivity contribution in [3.63, 3.8) is 0 Å². The molecule has 0 radical (unpaired) electrons. The molecular formula is C18H23N3O3S. The molecule has 1 aromatic heterocycles. The number of hydrogen-bond donors (Lipinski definition) is 2. The third-order valence-corrected chi connectivity index (χ3v) is 4.54. The maximum Gasteiger partial charge on any atom is 0.310 e. The number of hydrogen-bond acceptors (Lipinski definition) is 6. The van der Waals surface area contributed by atoms with Gasteiger partial charge in [0.1, 0.15) is 0 Å². The Hall–Kier alpha value is -2.25. The van der Waals surface area contributed by atoms with E-state index in [0.717, 1.165) is 10.4 Å². The van der Waals surface area contributed by atoms with Gasteiger partial charge in [0.2, 0.25) is 5.91 Å². The molecule has 1 heterocycles. The molecule has 0 saturated carbocycles. The maximum absolute atomic E-state index is 12.2. The number of amides is 1. The molecule has 0 aliphatic heterocycles. The van der Waals surface area contributed by atoms with Gasteiger partial charge in [-0.05, 0) is 12.3 Å². The molecule has 0 bridgehead atoms. The lowest BCUT2D eigenvalue weighted by molar-refractivity contribution is -0.139. The number of thiazole rings is 1. The Kier molecular flexibility index (Phi) is 6.66. The fourth-order valence-electron chi connectivity index (χ4n) is 2.36. The van der Waals surface area contributed by atoms with Gasteiger partial charge in [-0.2, -0.15) is 0 Å². The van der Waals surface area contributed by atoms with Gasteiger partial charge < -0.3 is 15.8 Å². The first-order valence-electron chi connectivity index (χ1n) is 8.09. The summed E-state index contributed by atoms with van der Waals surface area (Å²) in [5.74, 6) is -0.297. The average Bonchev–Trinajstić information content (AvgIpc) is 2.97. The van der Waals surface area contributed by atoms with Gasteiger partial charge >= 0.3 is 5.97 Å². The van der Waals surface area contributed by atoms with Crippen molar-refractivity contribution < 1.29 is 14.3 Å². The third-order valence-electron chi connectivity index (χ3n) is 3.57. The van der Waals surface area contributed by atoms with Crippen LogP contribution >= 0.6 is 11.3 Å². The summed E-state index contributed by atoms with van der Waals surface area (Å²) >= 11 is 1.26. The van der Waals surface area contributed by atoms with E-state index in [1.807, 2.05) is 44.2 Å². The Morgan fingerprint density at radius 3 is 2.56 bits per heavy atom. The molecule has 2 rings (SSSR count). The van der Waals surface area contributed by atoms with Crippen molar-refractivity contribution in [1.82, 2.24) is 4.98 Å². The molecule has 134 valence electrons. The monoisotopic (exact) mass is 361 g/mol. The minimum Gasteiger partial charge on any atom is -0.469 e. The summed E-state index contributed by atoms with van der Waals surface area (Å²) in [6.07, 6.45) is 0.698. The summed E-state index contributed by atoms with van der Waals surface area (Å²) < 4.78 is 4.75. The van der Waals surface area contributed by atoms with E-state index in [0.29, 0.717) is 23.2 Å². The quantitative estimate of drug-likeness (QED) is 0.740. The number of benzene rings is 1. The van der Waals surface area contributed by atoms with Crippen LogP contribution in [0.2, 0.25) is 0 Å². The van der Waals surface area contributed by atoms with Crippen molar-refractivity contribution in [2.24, 2.45) is 11.7 Å². The lowest BCUT2D eigenvalue weighted by Crippen LogP contribution is -2.36. The van der Waals surface area contributed by atoms with Crippen LogP contribution in [0.5, 0.6) is 0 Å². The summed E-state index contributed by atoms with van der Waals surface area (Å²) in [5.41, 5.74) is 7.46. The van der Waals surface area contributed by atoms with Crippen LogP contribution in [0.1, 0.15) is 25.1 Å². The predicted molar refractivity (Wildman–Crippen MR) is 99.3 cm³/mol. The van der Waals surface area contributed by atoms with Crippen LogP contribution < -0.4 is 11.1 Å². The smallest absolute Gasteiger partial charge is 0.310 e. The second kappa shape index (κ2) is 8.73. The SMILES string of the molecule is COC(=O)Cc1sc(NC(=O)[C@@H](N)CC(C)C)nc1-c1ccccc1. The van der Waals surface area contributed by atoms with Crippen molar-refractivity contribution in [2.75, 3.05) is 12.4 Å². The molecule has 3 N–H and O–H groups in total. The number of methoxy groups -OCH3 is 1. The van der Waals surface area contributed by atoms with E-state index in [4.69, 9.17) is 10.5 Å². The minimum absolute atomic E-state index is 0.103. The highest BCUT2D eigenvalue weighted by molar-refractivity contribution is 7.16. The van der Waals surface area contributed by atoms with Crippen LogP contribution in [0, 0.1) is 5.92 Å². The molecule has 0 unspecified atom stereocenters. The van der Waals surface area contributed by atoms with E-state index in [9.17, 15) is 9.59 Å². The van der Waals surface area contributed by atoms with Crippen molar-refractivity contribution in [3.8, 4) is 11.3 Å². The maximum atomic E-state index is 12.2. The minimum atomic E-state index is -0.590. The second-order valence-corrected chi connectivity index (χ2v) is 7.22. The molecule has 0 spiro atoms. The van der Waals surface area contributed by atoms with Crippen molar-refractivity contribution in [2.45, 2.75) is 32.7 Å². The topological polar surface area (TPSA) is 94.3 Å². The Morgan fingerprint density at radius 1 is 1.28 bits per heavy atom. The first-order valence-corrected chi connectivity index (χ1v) is 8.90. The van der Waals surface area contributed by atoms with Crippen LogP contribution in [0.4, 0.5) is 5.13 Å². The summed E-state index contributed by atoms with van der Waals surface area (Å²) in [4.78, 5) is 29.1. The van der Waals surface area contributed by atoms with Crippen LogP contribution in [0.25, 0.3) is 11.3 Å². The first kappa shape index (κ1) is 19.1. The van der Waals surface area contributed by atoms with E-state index in [1.54, 1.807) is 0 Å². The van der Waals surface area contributed by atoms with Gasteiger partial charge in [-0.3, -0.25) is 9.59 Å². The zero-order valence-corrected chi connectivity index (χ0v) is 15.4. The molecule has 0 fully saturated rings. The molecule has 6 nitrogen and oxygen atoms in total. The lowest BCUT2D eigenvalue weighted by atomic mass is 10.0. The van der Waals surface area contributed by atoms with Gasteiger partial charge in [0.25, 0.3) is 0 Å². The molecule has 25 heavy (non-hydrogen) atoms. The molecule has 7 heteroatoms.